The summed E-state index contributed by atoms with van der Waals surface area (Å²) >= 11 is 0. The number of carbonyl (C=O) groups excluding carboxylic acids is 2. The summed E-state index contributed by atoms with van der Waals surface area (Å²) in [5, 5.41) is 14.0. The summed E-state index contributed by atoms with van der Waals surface area (Å²) in [5.41, 5.74) is 1.64. The van der Waals surface area contributed by atoms with Crippen LogP contribution in [0.25, 0.3) is 0 Å². The normalized spacial score (nSPS) is 11.9. The molecule has 1 N–H and O–H groups in total. The van der Waals surface area contributed by atoms with Gasteiger partial charge in [0.25, 0.3) is 15.7 Å². The fourth-order valence-electron chi connectivity index (χ4n) is 4.28. The summed E-state index contributed by atoms with van der Waals surface area (Å²) in [5.74, 6) is -0.906. The highest BCUT2D eigenvalue weighted by atomic mass is 32.2. The van der Waals surface area contributed by atoms with Gasteiger partial charge in [-0.2, -0.15) is 0 Å². The molecule has 0 bridgehead atoms. The number of aryl methyl sites for hydroxylation is 1. The van der Waals surface area contributed by atoms with Crippen LogP contribution in [0.2, 0.25) is 0 Å². The average Bonchev–Trinajstić information content (AvgIpc) is 2.95. The number of hydrogen-bond acceptors (Lipinski definition) is 6. The van der Waals surface area contributed by atoms with E-state index in [1.807, 2.05) is 38.1 Å². The van der Waals surface area contributed by atoms with Crippen LogP contribution in [-0.2, 0) is 26.2 Å². The van der Waals surface area contributed by atoms with E-state index in [-0.39, 0.29) is 28.7 Å². The largest absolute Gasteiger partial charge is 0.354 e. The number of nitro benzene ring substituents is 1. The Bertz CT molecular complexity index is 1430. The Hall–Kier alpha value is -4.25. The van der Waals surface area contributed by atoms with E-state index in [1.54, 1.807) is 25.1 Å². The minimum Gasteiger partial charge on any atom is -0.354 e. The van der Waals surface area contributed by atoms with Gasteiger partial charge in [-0.1, -0.05) is 61.9 Å². The number of benzene rings is 3. The molecule has 0 aliphatic rings. The van der Waals surface area contributed by atoms with E-state index in [0.29, 0.717) is 13.0 Å². The third kappa shape index (κ3) is 7.44. The van der Waals surface area contributed by atoms with Gasteiger partial charge in [0, 0.05) is 25.2 Å². The minimum atomic E-state index is -4.25. The second-order valence-corrected chi connectivity index (χ2v) is 11.2. The first-order chi connectivity index (χ1) is 19.1. The van der Waals surface area contributed by atoms with E-state index in [2.05, 4.69) is 5.32 Å². The molecule has 0 saturated carbocycles. The third-order valence-electron chi connectivity index (χ3n) is 6.33. The molecule has 0 aliphatic carbocycles. The van der Waals surface area contributed by atoms with Gasteiger partial charge in [0.05, 0.1) is 15.5 Å². The molecule has 10 nitrogen and oxygen atoms in total. The highest BCUT2D eigenvalue weighted by molar-refractivity contribution is 7.92. The van der Waals surface area contributed by atoms with E-state index in [4.69, 9.17) is 0 Å². The molecule has 0 aromatic heterocycles. The second-order valence-electron chi connectivity index (χ2n) is 9.32. The van der Waals surface area contributed by atoms with Crippen LogP contribution < -0.4 is 9.62 Å². The van der Waals surface area contributed by atoms with Crippen LogP contribution in [0.1, 0.15) is 37.8 Å². The number of nitrogens with zero attached hydrogens (tertiary/aromatic N) is 3. The zero-order chi connectivity index (χ0) is 29.3. The number of non-ortho nitro benzene ring substituents is 1. The highest BCUT2D eigenvalue weighted by Gasteiger charge is 2.33. The molecule has 40 heavy (non-hydrogen) atoms. The Kier molecular flexibility index (Phi) is 10.4. The van der Waals surface area contributed by atoms with Crippen LogP contribution in [0.5, 0.6) is 0 Å². The van der Waals surface area contributed by atoms with Gasteiger partial charge in [-0.05, 0) is 49.6 Å². The van der Waals surface area contributed by atoms with Crippen LogP contribution in [0, 0.1) is 17.0 Å². The lowest BCUT2D eigenvalue weighted by Gasteiger charge is -2.33. The van der Waals surface area contributed by atoms with Crippen LogP contribution in [-0.4, -0.2) is 49.2 Å². The van der Waals surface area contributed by atoms with Crippen molar-refractivity contribution in [3.8, 4) is 0 Å². The Morgan fingerprint density at radius 2 is 1.65 bits per heavy atom. The number of nitro groups is 1. The predicted molar refractivity (Wildman–Crippen MR) is 153 cm³/mol. The molecule has 0 saturated heterocycles. The number of rotatable bonds is 13. The van der Waals surface area contributed by atoms with Crippen molar-refractivity contribution in [2.75, 3.05) is 17.4 Å². The number of sulfonamides is 1. The van der Waals surface area contributed by atoms with Crippen molar-refractivity contribution in [1.82, 2.24) is 10.2 Å². The standard InChI is InChI=1S/C29H34N4O6S/c1-4-18-30-29(35)27(5-2)31(20-23-11-9-10-22(3)19-23)28(34)21-32(24-14-16-25(17-15-24)33(36)37)40(38,39)26-12-7-6-8-13-26/h6-17,19,27H,4-5,18,20-21H2,1-3H3,(H,30,35). The summed E-state index contributed by atoms with van der Waals surface area (Å²) in [6.07, 6.45) is 1.04. The van der Waals surface area contributed by atoms with Crippen molar-refractivity contribution in [1.29, 1.82) is 0 Å². The van der Waals surface area contributed by atoms with Gasteiger partial charge in [-0.25, -0.2) is 8.42 Å². The smallest absolute Gasteiger partial charge is 0.269 e. The van der Waals surface area contributed by atoms with Gasteiger partial charge in [-0.3, -0.25) is 24.0 Å². The van der Waals surface area contributed by atoms with E-state index in [9.17, 15) is 28.1 Å². The van der Waals surface area contributed by atoms with Crippen molar-refractivity contribution in [2.24, 2.45) is 0 Å². The Morgan fingerprint density at radius 1 is 0.975 bits per heavy atom. The molecule has 1 unspecified atom stereocenters. The molecule has 1 atom stereocenters. The van der Waals surface area contributed by atoms with Crippen molar-refractivity contribution in [3.63, 3.8) is 0 Å². The van der Waals surface area contributed by atoms with Crippen molar-refractivity contribution >= 4 is 33.2 Å². The maximum Gasteiger partial charge on any atom is 0.269 e. The molecule has 3 aromatic carbocycles. The molecule has 212 valence electrons. The van der Waals surface area contributed by atoms with Gasteiger partial charge in [-0.15, -0.1) is 0 Å². The quantitative estimate of drug-likeness (QED) is 0.241. The predicted octanol–water partition coefficient (Wildman–Crippen LogP) is 4.43. The van der Waals surface area contributed by atoms with Crippen molar-refractivity contribution in [3.05, 3.63) is 100 Å². The molecule has 0 aliphatic heterocycles. The van der Waals surface area contributed by atoms with Crippen LogP contribution >= 0.6 is 0 Å². The van der Waals surface area contributed by atoms with Gasteiger partial charge >= 0.3 is 0 Å². The first-order valence-electron chi connectivity index (χ1n) is 13.0. The topological polar surface area (TPSA) is 130 Å². The molecule has 11 heteroatoms. The molecule has 2 amide bonds. The van der Waals surface area contributed by atoms with Crippen LogP contribution in [0.15, 0.2) is 83.8 Å². The summed E-state index contributed by atoms with van der Waals surface area (Å²) in [6, 6.07) is 19.3. The molecule has 0 radical (unpaired) electrons. The fraction of sp³-hybridized carbons (Fsp3) is 0.310. The summed E-state index contributed by atoms with van der Waals surface area (Å²) < 4.78 is 28.5. The SMILES string of the molecule is CCCNC(=O)C(CC)N(Cc1cccc(C)c1)C(=O)CN(c1ccc([N+](=O)[O-])cc1)S(=O)(=O)c1ccccc1. The minimum absolute atomic E-state index is 0.0425. The van der Waals surface area contributed by atoms with Gasteiger partial charge < -0.3 is 10.2 Å². The molecular formula is C29H34N4O6S. The fourth-order valence-corrected chi connectivity index (χ4v) is 5.72. The van der Waals surface area contributed by atoms with Crippen LogP contribution in [0.4, 0.5) is 11.4 Å². The first kappa shape index (κ1) is 30.3. The zero-order valence-electron chi connectivity index (χ0n) is 22.8. The zero-order valence-corrected chi connectivity index (χ0v) is 23.6. The number of hydrogen-bond donors (Lipinski definition) is 1. The molecule has 0 fully saturated rings. The van der Waals surface area contributed by atoms with Gasteiger partial charge in [0.1, 0.15) is 12.6 Å². The summed E-state index contributed by atoms with van der Waals surface area (Å²) in [7, 11) is -4.25. The van der Waals surface area contributed by atoms with E-state index in [0.717, 1.165) is 21.9 Å². The Labute approximate surface area is 234 Å². The van der Waals surface area contributed by atoms with E-state index < -0.39 is 33.4 Å². The lowest BCUT2D eigenvalue weighted by Crippen LogP contribution is -2.52. The molecule has 3 rings (SSSR count). The lowest BCUT2D eigenvalue weighted by molar-refractivity contribution is -0.384. The summed E-state index contributed by atoms with van der Waals surface area (Å²) in [6.45, 7) is 5.56. The number of carbonyl (C=O) groups is 2. The molecule has 3 aromatic rings. The number of nitrogens with one attached hydrogen (secondary N) is 1. The molecule has 0 spiro atoms. The first-order valence-corrected chi connectivity index (χ1v) is 14.5. The third-order valence-corrected chi connectivity index (χ3v) is 8.12. The number of amides is 2. The monoisotopic (exact) mass is 566 g/mol. The van der Waals surface area contributed by atoms with E-state index in [1.165, 1.54) is 41.3 Å². The van der Waals surface area contributed by atoms with Crippen molar-refractivity contribution in [2.45, 2.75) is 51.1 Å². The van der Waals surface area contributed by atoms with E-state index >= 15 is 0 Å². The maximum atomic E-state index is 14.0. The van der Waals surface area contributed by atoms with Crippen molar-refractivity contribution < 1.29 is 22.9 Å². The summed E-state index contributed by atoms with van der Waals surface area (Å²) in [4.78, 5) is 39.0. The highest BCUT2D eigenvalue weighted by Crippen LogP contribution is 2.26. The molecular weight excluding hydrogens is 532 g/mol. The average molecular weight is 567 g/mol. The Morgan fingerprint density at radius 3 is 2.23 bits per heavy atom. The molecule has 0 heterocycles. The number of anilines is 1. The van der Waals surface area contributed by atoms with Gasteiger partial charge in [0.2, 0.25) is 11.8 Å². The second kappa shape index (κ2) is 13.7. The Balaban J connectivity index is 2.06. The lowest BCUT2D eigenvalue weighted by atomic mass is 10.1. The van der Waals surface area contributed by atoms with Crippen LogP contribution in [0.3, 0.4) is 0 Å². The maximum absolute atomic E-state index is 14.0. The van der Waals surface area contributed by atoms with Gasteiger partial charge in [0.15, 0.2) is 0 Å².